The van der Waals surface area contributed by atoms with Crippen molar-refractivity contribution in [1.82, 2.24) is 15.2 Å². The summed E-state index contributed by atoms with van der Waals surface area (Å²) < 4.78 is 32.4. The number of benzene rings is 2. The van der Waals surface area contributed by atoms with E-state index in [1.807, 2.05) is 0 Å². The lowest BCUT2D eigenvalue weighted by Crippen LogP contribution is -2.38. The van der Waals surface area contributed by atoms with E-state index in [1.165, 1.54) is 0 Å². The first-order valence-corrected chi connectivity index (χ1v) is 10.9. The maximum Gasteiger partial charge on any atom is 0.254 e. The van der Waals surface area contributed by atoms with Crippen LogP contribution in [0.3, 0.4) is 0 Å². The highest BCUT2D eigenvalue weighted by Crippen LogP contribution is 2.31. The number of nitrogens with one attached hydrogen (secondary N) is 1. The predicted molar refractivity (Wildman–Crippen MR) is 115 cm³/mol. The maximum atomic E-state index is 13.6. The van der Waals surface area contributed by atoms with Gasteiger partial charge in [0.2, 0.25) is 5.91 Å². The number of halogens is 3. The Morgan fingerprint density at radius 3 is 2.69 bits per heavy atom. The van der Waals surface area contributed by atoms with Crippen LogP contribution in [0.15, 0.2) is 40.8 Å². The first kappa shape index (κ1) is 22.2. The largest absolute Gasteiger partial charge is 0.440 e. The number of carbonyl (C=O) groups excluding carboxylic acids is 2. The number of rotatable bonds is 6. The van der Waals surface area contributed by atoms with Crippen molar-refractivity contribution in [3.05, 3.63) is 64.5 Å². The normalized spacial score (nSPS) is 14.7. The molecule has 2 amide bonds. The fraction of sp³-hybridized carbons (Fsp3) is 0.348. The van der Waals surface area contributed by atoms with Crippen molar-refractivity contribution in [1.29, 1.82) is 0 Å². The molecule has 6 nitrogen and oxygen atoms in total. The molecule has 4 rings (SSSR count). The van der Waals surface area contributed by atoms with E-state index >= 15 is 0 Å². The first-order chi connectivity index (χ1) is 15.4. The number of nitrogens with zero attached hydrogens (tertiary/aromatic N) is 2. The molecule has 2 heterocycles. The number of fused-ring (bicyclic) bond motifs is 1. The summed E-state index contributed by atoms with van der Waals surface area (Å²) in [5.74, 6) is -1.46. The minimum atomic E-state index is -0.913. The van der Waals surface area contributed by atoms with Crippen LogP contribution in [0.2, 0.25) is 5.02 Å². The summed E-state index contributed by atoms with van der Waals surface area (Å²) in [4.78, 5) is 30.8. The molecule has 0 bridgehead atoms. The quantitative estimate of drug-likeness (QED) is 0.541. The Labute approximate surface area is 188 Å². The zero-order chi connectivity index (χ0) is 22.7. The number of likely N-dealkylation sites (tertiary alicyclic amines) is 1. The molecule has 3 aromatic rings. The summed E-state index contributed by atoms with van der Waals surface area (Å²) in [5.41, 5.74) is 1.21. The van der Waals surface area contributed by atoms with Gasteiger partial charge in [-0.3, -0.25) is 9.59 Å². The van der Waals surface area contributed by atoms with E-state index in [0.717, 1.165) is 30.5 Å². The fourth-order valence-electron chi connectivity index (χ4n) is 3.84. The molecule has 1 aromatic heterocycles. The topological polar surface area (TPSA) is 75.4 Å². The van der Waals surface area contributed by atoms with Gasteiger partial charge in [-0.2, -0.15) is 0 Å². The summed E-state index contributed by atoms with van der Waals surface area (Å²) in [6, 6.07) is 8.13. The molecule has 2 aromatic carbocycles. The molecule has 0 atom stereocenters. The molecule has 1 N–H and O–H groups in total. The molecule has 1 fully saturated rings. The van der Waals surface area contributed by atoms with E-state index in [4.69, 9.17) is 16.0 Å². The van der Waals surface area contributed by atoms with Gasteiger partial charge in [0.25, 0.3) is 5.91 Å². The minimum absolute atomic E-state index is 0.00927. The van der Waals surface area contributed by atoms with Crippen molar-refractivity contribution in [3.63, 3.8) is 0 Å². The number of amides is 2. The Kier molecular flexibility index (Phi) is 6.69. The molecule has 9 heteroatoms. The van der Waals surface area contributed by atoms with Crippen LogP contribution in [0.25, 0.3) is 11.1 Å². The van der Waals surface area contributed by atoms with Crippen molar-refractivity contribution in [3.8, 4) is 0 Å². The molecule has 168 valence electrons. The Hall–Kier alpha value is -3.00. The molecule has 1 aliphatic rings. The Balaban J connectivity index is 1.21. The van der Waals surface area contributed by atoms with Crippen LogP contribution >= 0.6 is 11.6 Å². The van der Waals surface area contributed by atoms with Gasteiger partial charge in [-0.05, 0) is 49.6 Å². The second-order valence-electron chi connectivity index (χ2n) is 7.80. The van der Waals surface area contributed by atoms with E-state index < -0.39 is 17.5 Å². The van der Waals surface area contributed by atoms with Crippen LogP contribution in [0, 0.1) is 11.6 Å². The molecule has 0 saturated carbocycles. The highest BCUT2D eigenvalue weighted by molar-refractivity contribution is 6.31. The smallest absolute Gasteiger partial charge is 0.254 e. The Morgan fingerprint density at radius 2 is 1.94 bits per heavy atom. The van der Waals surface area contributed by atoms with Crippen LogP contribution in [-0.2, 0) is 4.79 Å². The number of oxazole rings is 1. The third-order valence-electron chi connectivity index (χ3n) is 5.59. The summed E-state index contributed by atoms with van der Waals surface area (Å²) in [6.07, 6.45) is 2.22. The molecule has 1 aliphatic heterocycles. The third-order valence-corrected chi connectivity index (χ3v) is 5.83. The van der Waals surface area contributed by atoms with Gasteiger partial charge in [0.05, 0.1) is 5.56 Å². The van der Waals surface area contributed by atoms with Crippen molar-refractivity contribution in [2.24, 2.45) is 0 Å². The monoisotopic (exact) mass is 461 g/mol. The third kappa shape index (κ3) is 5.07. The van der Waals surface area contributed by atoms with Gasteiger partial charge >= 0.3 is 0 Å². The van der Waals surface area contributed by atoms with Gasteiger partial charge in [0.1, 0.15) is 17.2 Å². The average Bonchev–Trinajstić information content (AvgIpc) is 3.19. The van der Waals surface area contributed by atoms with E-state index in [9.17, 15) is 18.4 Å². The highest BCUT2D eigenvalue weighted by Gasteiger charge is 2.27. The van der Waals surface area contributed by atoms with Gasteiger partial charge in [0, 0.05) is 43.1 Å². The lowest BCUT2D eigenvalue weighted by molar-refractivity contribution is -0.132. The van der Waals surface area contributed by atoms with E-state index in [1.54, 1.807) is 23.1 Å². The molecule has 0 unspecified atom stereocenters. The Bertz CT molecular complexity index is 1140. The second-order valence-corrected chi connectivity index (χ2v) is 8.24. The summed E-state index contributed by atoms with van der Waals surface area (Å²) in [7, 11) is 0. The molecule has 0 radical (unpaired) electrons. The van der Waals surface area contributed by atoms with Gasteiger partial charge in [-0.15, -0.1) is 0 Å². The van der Waals surface area contributed by atoms with Crippen LogP contribution in [0.5, 0.6) is 0 Å². The van der Waals surface area contributed by atoms with Gasteiger partial charge < -0.3 is 14.6 Å². The van der Waals surface area contributed by atoms with Crippen molar-refractivity contribution in [2.75, 3.05) is 19.6 Å². The number of carbonyl (C=O) groups is 2. The molecule has 0 aliphatic carbocycles. The zero-order valence-electron chi connectivity index (χ0n) is 17.2. The lowest BCUT2D eigenvalue weighted by Gasteiger charge is -2.30. The van der Waals surface area contributed by atoms with Gasteiger partial charge in [-0.25, -0.2) is 13.8 Å². The zero-order valence-corrected chi connectivity index (χ0v) is 18.0. The second kappa shape index (κ2) is 9.65. The number of hydrogen-bond acceptors (Lipinski definition) is 4. The van der Waals surface area contributed by atoms with E-state index in [2.05, 4.69) is 10.3 Å². The summed E-state index contributed by atoms with van der Waals surface area (Å²) in [5, 5.41) is 3.17. The lowest BCUT2D eigenvalue weighted by atomic mass is 9.96. The standard InChI is InChI=1S/C23H22ClF2N3O3/c24-15-3-6-20-19(12-15)28-23(32-20)14-7-10-29(11-8-14)21(30)2-1-9-27-22(31)17-5-4-16(25)13-18(17)26/h3-6,12-14H,1-2,7-11H2,(H,27,31). The first-order valence-electron chi connectivity index (χ1n) is 10.5. The van der Waals surface area contributed by atoms with Gasteiger partial charge in [-0.1, -0.05) is 11.6 Å². The van der Waals surface area contributed by atoms with E-state index in [0.29, 0.717) is 42.1 Å². The average molecular weight is 462 g/mol. The SMILES string of the molecule is O=C(NCCCC(=O)N1CCC(c2nc3cc(Cl)ccc3o2)CC1)c1ccc(F)cc1F. The number of hydrogen-bond donors (Lipinski definition) is 1. The highest BCUT2D eigenvalue weighted by atomic mass is 35.5. The van der Waals surface area contributed by atoms with Crippen molar-refractivity contribution >= 4 is 34.5 Å². The number of piperidine rings is 1. The van der Waals surface area contributed by atoms with Gasteiger partial charge in [0.15, 0.2) is 11.5 Å². The van der Waals surface area contributed by atoms with Crippen molar-refractivity contribution in [2.45, 2.75) is 31.6 Å². The number of aromatic nitrogens is 1. The predicted octanol–water partition coefficient (Wildman–Crippen LogP) is 4.68. The van der Waals surface area contributed by atoms with Crippen LogP contribution in [0.1, 0.15) is 47.8 Å². The van der Waals surface area contributed by atoms with Crippen LogP contribution in [-0.4, -0.2) is 41.3 Å². The molecular formula is C23H22ClF2N3O3. The molecule has 1 saturated heterocycles. The van der Waals surface area contributed by atoms with Crippen LogP contribution in [0.4, 0.5) is 8.78 Å². The summed E-state index contributed by atoms with van der Waals surface area (Å²) >= 11 is 6.00. The van der Waals surface area contributed by atoms with Crippen LogP contribution < -0.4 is 5.32 Å². The molecular weight excluding hydrogens is 440 g/mol. The summed E-state index contributed by atoms with van der Waals surface area (Å²) in [6.45, 7) is 1.44. The fourth-order valence-corrected chi connectivity index (χ4v) is 4.00. The minimum Gasteiger partial charge on any atom is -0.440 e. The van der Waals surface area contributed by atoms with E-state index in [-0.39, 0.29) is 30.4 Å². The Morgan fingerprint density at radius 1 is 1.16 bits per heavy atom. The molecule has 32 heavy (non-hydrogen) atoms. The van der Waals surface area contributed by atoms with Crippen molar-refractivity contribution < 1.29 is 22.8 Å². The molecule has 0 spiro atoms. The maximum absolute atomic E-state index is 13.6.